The number of hydrogen-bond acceptors (Lipinski definition) is 3. The first-order valence-corrected chi connectivity index (χ1v) is 7.34. The van der Waals surface area contributed by atoms with Crippen molar-refractivity contribution in [2.45, 2.75) is 19.8 Å². The van der Waals surface area contributed by atoms with Crippen LogP contribution in [0.3, 0.4) is 0 Å². The van der Waals surface area contributed by atoms with Gasteiger partial charge in [0, 0.05) is 5.56 Å². The Balaban J connectivity index is 1.83. The van der Waals surface area contributed by atoms with Gasteiger partial charge in [-0.2, -0.15) is 9.78 Å². The molecule has 0 spiro atoms. The fourth-order valence-electron chi connectivity index (χ4n) is 2.19. The molecule has 3 aromatic rings. The van der Waals surface area contributed by atoms with Crippen LogP contribution in [0.1, 0.15) is 30.9 Å². The summed E-state index contributed by atoms with van der Waals surface area (Å²) in [6, 6.07) is 18.3. The van der Waals surface area contributed by atoms with Crippen LogP contribution in [0.5, 0.6) is 0 Å². The fraction of sp³-hybridized carbons (Fsp3) is 0.167. The summed E-state index contributed by atoms with van der Waals surface area (Å²) in [5.41, 5.74) is 3.37. The standard InChI is InChI=1S/C18H18N4/c1-14(2)16-10-8-15(9-11-16)12-20-22-13-19-21-18(22)17-6-4-3-5-7-17/h3-14H,1-2H3/b20-12-. The molecule has 110 valence electrons. The average Bonchev–Trinajstić information content (AvgIpc) is 3.02. The van der Waals surface area contributed by atoms with E-state index in [1.165, 1.54) is 5.56 Å². The summed E-state index contributed by atoms with van der Waals surface area (Å²) in [4.78, 5) is 0. The van der Waals surface area contributed by atoms with Crippen molar-refractivity contribution >= 4 is 6.21 Å². The first-order chi connectivity index (χ1) is 10.7. The normalized spacial score (nSPS) is 11.4. The van der Waals surface area contributed by atoms with Crippen molar-refractivity contribution in [3.05, 3.63) is 72.1 Å². The molecule has 0 amide bonds. The Morgan fingerprint density at radius 3 is 2.41 bits per heavy atom. The van der Waals surface area contributed by atoms with Gasteiger partial charge in [0.15, 0.2) is 5.82 Å². The third-order valence-electron chi connectivity index (χ3n) is 3.50. The van der Waals surface area contributed by atoms with Crippen molar-refractivity contribution in [2.75, 3.05) is 0 Å². The SMILES string of the molecule is CC(C)c1ccc(/C=N\n2cnnc2-c2ccccc2)cc1. The molecule has 22 heavy (non-hydrogen) atoms. The lowest BCUT2D eigenvalue weighted by molar-refractivity contribution is 0.866. The highest BCUT2D eigenvalue weighted by Crippen LogP contribution is 2.16. The van der Waals surface area contributed by atoms with Crippen molar-refractivity contribution in [1.29, 1.82) is 0 Å². The Bertz CT molecular complexity index is 755. The van der Waals surface area contributed by atoms with Crippen molar-refractivity contribution in [3.63, 3.8) is 0 Å². The van der Waals surface area contributed by atoms with E-state index in [1.54, 1.807) is 11.0 Å². The number of benzene rings is 2. The summed E-state index contributed by atoms with van der Waals surface area (Å²) in [5, 5.41) is 12.5. The Morgan fingerprint density at radius 2 is 1.73 bits per heavy atom. The van der Waals surface area contributed by atoms with Crippen LogP contribution in [0.4, 0.5) is 0 Å². The van der Waals surface area contributed by atoms with Gasteiger partial charge in [-0.3, -0.25) is 0 Å². The zero-order valence-electron chi connectivity index (χ0n) is 12.7. The van der Waals surface area contributed by atoms with Gasteiger partial charge in [0.25, 0.3) is 0 Å². The van der Waals surface area contributed by atoms with E-state index in [4.69, 9.17) is 0 Å². The van der Waals surface area contributed by atoms with Crippen molar-refractivity contribution in [3.8, 4) is 11.4 Å². The minimum atomic E-state index is 0.536. The largest absolute Gasteiger partial charge is 0.200 e. The maximum absolute atomic E-state index is 4.45. The van der Waals surface area contributed by atoms with E-state index in [0.29, 0.717) is 5.92 Å². The van der Waals surface area contributed by atoms with Crippen molar-refractivity contribution < 1.29 is 0 Å². The molecule has 0 bridgehead atoms. The van der Waals surface area contributed by atoms with Crippen LogP contribution >= 0.6 is 0 Å². The molecule has 0 fully saturated rings. The van der Waals surface area contributed by atoms with Crippen molar-refractivity contribution in [2.24, 2.45) is 5.10 Å². The van der Waals surface area contributed by atoms with Gasteiger partial charge < -0.3 is 0 Å². The third kappa shape index (κ3) is 3.11. The minimum absolute atomic E-state index is 0.536. The molecule has 0 atom stereocenters. The summed E-state index contributed by atoms with van der Waals surface area (Å²) in [6.45, 7) is 4.37. The monoisotopic (exact) mass is 290 g/mol. The molecule has 0 N–H and O–H groups in total. The van der Waals surface area contributed by atoms with Gasteiger partial charge in [0.05, 0.1) is 6.21 Å². The quantitative estimate of drug-likeness (QED) is 0.683. The average molecular weight is 290 g/mol. The van der Waals surface area contributed by atoms with E-state index in [2.05, 4.69) is 53.4 Å². The van der Waals surface area contributed by atoms with E-state index in [-0.39, 0.29) is 0 Å². The maximum Gasteiger partial charge on any atom is 0.184 e. The third-order valence-corrected chi connectivity index (χ3v) is 3.50. The molecule has 0 aliphatic carbocycles. The lowest BCUT2D eigenvalue weighted by Crippen LogP contribution is -1.94. The number of aromatic nitrogens is 3. The van der Waals surface area contributed by atoms with Gasteiger partial charge in [-0.15, -0.1) is 10.2 Å². The van der Waals surface area contributed by atoms with Crippen LogP contribution in [0.25, 0.3) is 11.4 Å². The molecule has 4 heteroatoms. The first-order valence-electron chi connectivity index (χ1n) is 7.34. The highest BCUT2D eigenvalue weighted by atomic mass is 15.4. The van der Waals surface area contributed by atoms with Crippen LogP contribution < -0.4 is 0 Å². The number of hydrogen-bond donors (Lipinski definition) is 0. The molecule has 1 heterocycles. The first kappa shape index (κ1) is 14.2. The molecule has 0 aliphatic rings. The van der Waals surface area contributed by atoms with Crippen molar-refractivity contribution in [1.82, 2.24) is 14.9 Å². The predicted molar refractivity (Wildman–Crippen MR) is 89.0 cm³/mol. The molecule has 3 rings (SSSR count). The van der Waals surface area contributed by atoms with Crippen LogP contribution in [0.15, 0.2) is 66.0 Å². The highest BCUT2D eigenvalue weighted by molar-refractivity contribution is 5.79. The van der Waals surface area contributed by atoms with Crippen LogP contribution in [0.2, 0.25) is 0 Å². The molecule has 0 unspecified atom stereocenters. The topological polar surface area (TPSA) is 43.1 Å². The molecule has 0 aliphatic heterocycles. The Labute approximate surface area is 130 Å². The summed E-state index contributed by atoms with van der Waals surface area (Å²) in [6.07, 6.45) is 3.43. The second-order valence-electron chi connectivity index (χ2n) is 5.43. The molecular formula is C18H18N4. The van der Waals surface area contributed by atoms with Gasteiger partial charge in [-0.1, -0.05) is 68.4 Å². The molecule has 4 nitrogen and oxygen atoms in total. The van der Waals surface area contributed by atoms with Crippen LogP contribution in [0, 0.1) is 0 Å². The summed E-state index contributed by atoms with van der Waals surface area (Å²) in [7, 11) is 0. The number of rotatable bonds is 4. The summed E-state index contributed by atoms with van der Waals surface area (Å²) in [5.74, 6) is 1.27. The Hall–Kier alpha value is -2.75. The van der Waals surface area contributed by atoms with Gasteiger partial charge in [-0.05, 0) is 17.0 Å². The molecule has 0 saturated carbocycles. The van der Waals surface area contributed by atoms with Gasteiger partial charge in [-0.25, -0.2) is 0 Å². The van der Waals surface area contributed by atoms with E-state index in [0.717, 1.165) is 17.0 Å². The van der Waals surface area contributed by atoms with Gasteiger partial charge in [0.2, 0.25) is 0 Å². The zero-order chi connectivity index (χ0) is 15.4. The molecule has 0 radical (unpaired) electrons. The van der Waals surface area contributed by atoms with E-state index in [1.807, 2.05) is 36.5 Å². The zero-order valence-corrected chi connectivity index (χ0v) is 12.7. The van der Waals surface area contributed by atoms with E-state index >= 15 is 0 Å². The second kappa shape index (κ2) is 6.35. The predicted octanol–water partition coefficient (Wildman–Crippen LogP) is 3.95. The molecule has 2 aromatic carbocycles. The summed E-state index contributed by atoms with van der Waals surface area (Å²) < 4.78 is 1.69. The van der Waals surface area contributed by atoms with Crippen LogP contribution in [-0.4, -0.2) is 21.1 Å². The summed E-state index contributed by atoms with van der Waals surface area (Å²) >= 11 is 0. The molecular weight excluding hydrogens is 272 g/mol. The van der Waals surface area contributed by atoms with Crippen LogP contribution in [-0.2, 0) is 0 Å². The fourth-order valence-corrected chi connectivity index (χ4v) is 2.19. The van der Waals surface area contributed by atoms with E-state index in [9.17, 15) is 0 Å². The smallest absolute Gasteiger partial charge is 0.184 e. The Kier molecular flexibility index (Phi) is 4.10. The molecule has 1 aromatic heterocycles. The van der Waals surface area contributed by atoms with E-state index < -0.39 is 0 Å². The Morgan fingerprint density at radius 1 is 1.00 bits per heavy atom. The lowest BCUT2D eigenvalue weighted by atomic mass is 10.0. The van der Waals surface area contributed by atoms with Gasteiger partial charge in [0.1, 0.15) is 6.33 Å². The minimum Gasteiger partial charge on any atom is -0.200 e. The second-order valence-corrected chi connectivity index (χ2v) is 5.43. The maximum atomic E-state index is 4.45. The molecule has 0 saturated heterocycles. The van der Waals surface area contributed by atoms with Gasteiger partial charge >= 0.3 is 0 Å². The number of nitrogens with zero attached hydrogens (tertiary/aromatic N) is 4. The lowest BCUT2D eigenvalue weighted by Gasteiger charge is -2.04. The highest BCUT2D eigenvalue weighted by Gasteiger charge is 2.05.